The van der Waals surface area contributed by atoms with Gasteiger partial charge >= 0.3 is 6.18 Å². The zero-order valence-electron chi connectivity index (χ0n) is 18.2. The van der Waals surface area contributed by atoms with E-state index in [0.717, 1.165) is 18.9 Å². The Labute approximate surface area is 184 Å². The molecule has 2 aromatic heterocycles. The zero-order chi connectivity index (χ0) is 23.6. The highest BCUT2D eigenvalue weighted by Crippen LogP contribution is 2.36. The molecule has 0 aromatic carbocycles. The van der Waals surface area contributed by atoms with E-state index in [1.54, 1.807) is 13.0 Å². The lowest BCUT2D eigenvalue weighted by Gasteiger charge is -2.34. The Hall–Kier alpha value is -3.17. The summed E-state index contributed by atoms with van der Waals surface area (Å²) < 4.78 is 40.0. The number of hydrogen-bond acceptors (Lipinski definition) is 5. The maximum absolute atomic E-state index is 13.3. The van der Waals surface area contributed by atoms with Crippen molar-refractivity contribution in [2.75, 3.05) is 29.9 Å². The van der Waals surface area contributed by atoms with Crippen LogP contribution in [0.3, 0.4) is 0 Å². The number of nitrogens with two attached hydrogens (primary N) is 1. The van der Waals surface area contributed by atoms with Crippen LogP contribution in [0, 0.1) is 5.92 Å². The summed E-state index contributed by atoms with van der Waals surface area (Å²) in [6, 6.07) is 5.20. The summed E-state index contributed by atoms with van der Waals surface area (Å²) in [4.78, 5) is 35.4. The monoisotopic (exact) mass is 449 g/mol. The third-order valence-corrected chi connectivity index (χ3v) is 5.83. The average molecular weight is 449 g/mol. The normalized spacial score (nSPS) is 16.0. The third-order valence-electron chi connectivity index (χ3n) is 5.83. The van der Waals surface area contributed by atoms with Crippen LogP contribution in [-0.2, 0) is 11.0 Å². The summed E-state index contributed by atoms with van der Waals surface area (Å²) in [5.74, 6) is -1.03. The van der Waals surface area contributed by atoms with Crippen LogP contribution in [0.25, 0.3) is 0 Å². The molecule has 1 aliphatic rings. The van der Waals surface area contributed by atoms with Gasteiger partial charge in [-0.05, 0) is 49.4 Å². The van der Waals surface area contributed by atoms with Gasteiger partial charge in [0.1, 0.15) is 11.4 Å². The van der Waals surface area contributed by atoms with Crippen LogP contribution >= 0.6 is 0 Å². The minimum absolute atomic E-state index is 0.0790. The van der Waals surface area contributed by atoms with Crippen molar-refractivity contribution in [1.29, 1.82) is 0 Å². The molecule has 0 bridgehead atoms. The van der Waals surface area contributed by atoms with Gasteiger partial charge in [0, 0.05) is 26.3 Å². The van der Waals surface area contributed by atoms with E-state index in [0.29, 0.717) is 30.3 Å². The van der Waals surface area contributed by atoms with Crippen molar-refractivity contribution in [2.24, 2.45) is 11.7 Å². The van der Waals surface area contributed by atoms with Gasteiger partial charge in [0.2, 0.25) is 5.91 Å². The summed E-state index contributed by atoms with van der Waals surface area (Å²) in [7, 11) is 1.52. The SMILES string of the molecule is CC1CCN(c2nc(C(F)(F)F)ccc2N(C)C(=O)C(C)c2ccc(C(N)=O)nc2)CC1. The molecule has 1 atom stereocenters. The molecule has 32 heavy (non-hydrogen) atoms. The Balaban J connectivity index is 1.92. The Morgan fingerprint density at radius 2 is 1.84 bits per heavy atom. The predicted octanol–water partition coefficient (Wildman–Crippen LogP) is 3.60. The van der Waals surface area contributed by atoms with Crippen LogP contribution in [0.1, 0.15) is 54.4 Å². The molecule has 172 valence electrons. The van der Waals surface area contributed by atoms with Gasteiger partial charge in [0.15, 0.2) is 5.82 Å². The van der Waals surface area contributed by atoms with E-state index in [9.17, 15) is 22.8 Å². The number of halogens is 3. The van der Waals surface area contributed by atoms with Gasteiger partial charge in [0.25, 0.3) is 5.91 Å². The molecule has 0 saturated carbocycles. The second-order valence-electron chi connectivity index (χ2n) is 8.17. The van der Waals surface area contributed by atoms with E-state index in [1.807, 2.05) is 4.90 Å². The molecule has 1 saturated heterocycles. The van der Waals surface area contributed by atoms with Crippen molar-refractivity contribution in [3.8, 4) is 0 Å². The van der Waals surface area contributed by atoms with Gasteiger partial charge in [-0.2, -0.15) is 13.2 Å². The average Bonchev–Trinajstić information content (AvgIpc) is 2.77. The van der Waals surface area contributed by atoms with Crippen LogP contribution in [0.4, 0.5) is 24.7 Å². The van der Waals surface area contributed by atoms with Crippen LogP contribution in [0.2, 0.25) is 0 Å². The minimum Gasteiger partial charge on any atom is -0.364 e. The molecular weight excluding hydrogens is 423 g/mol. The second-order valence-corrected chi connectivity index (χ2v) is 8.17. The van der Waals surface area contributed by atoms with Gasteiger partial charge in [-0.15, -0.1) is 0 Å². The van der Waals surface area contributed by atoms with Crippen molar-refractivity contribution >= 4 is 23.3 Å². The number of rotatable bonds is 5. The molecule has 3 rings (SSSR count). The first-order chi connectivity index (χ1) is 15.0. The highest BCUT2D eigenvalue weighted by Gasteiger charge is 2.35. The Kier molecular flexibility index (Phi) is 6.71. The first-order valence-electron chi connectivity index (χ1n) is 10.4. The fraction of sp³-hybridized carbons (Fsp3) is 0.455. The lowest BCUT2D eigenvalue weighted by Crippen LogP contribution is -2.37. The van der Waals surface area contributed by atoms with Gasteiger partial charge < -0.3 is 15.5 Å². The lowest BCUT2D eigenvalue weighted by atomic mass is 9.99. The number of likely N-dealkylation sites (N-methyl/N-ethyl adjacent to an activating group) is 1. The number of pyridine rings is 2. The standard InChI is InChI=1S/C22H26F3N5O2/c1-13-8-10-30(11-9-13)20-17(6-7-18(28-20)22(23,24)25)29(3)21(32)14(2)15-4-5-16(19(26)31)27-12-15/h4-7,12-14H,8-11H2,1-3H3,(H2,26,31). The van der Waals surface area contributed by atoms with Gasteiger partial charge in [-0.25, -0.2) is 4.98 Å². The minimum atomic E-state index is -4.58. The molecule has 1 aliphatic heterocycles. The highest BCUT2D eigenvalue weighted by atomic mass is 19.4. The first kappa shape index (κ1) is 23.5. The molecule has 10 heteroatoms. The summed E-state index contributed by atoms with van der Waals surface area (Å²) in [5.41, 5.74) is 5.15. The van der Waals surface area contributed by atoms with E-state index < -0.39 is 23.7 Å². The summed E-state index contributed by atoms with van der Waals surface area (Å²) in [6.07, 6.45) is -1.51. The number of anilines is 2. The first-order valence-corrected chi connectivity index (χ1v) is 10.4. The molecule has 0 radical (unpaired) electrons. The molecule has 2 amide bonds. The third kappa shape index (κ3) is 5.00. The van der Waals surface area contributed by atoms with E-state index in [-0.39, 0.29) is 17.4 Å². The Bertz CT molecular complexity index is 986. The van der Waals surface area contributed by atoms with E-state index in [2.05, 4.69) is 16.9 Å². The molecule has 2 aromatic rings. The van der Waals surface area contributed by atoms with Crippen LogP contribution < -0.4 is 15.5 Å². The summed E-state index contributed by atoms with van der Waals surface area (Å²) >= 11 is 0. The Morgan fingerprint density at radius 1 is 1.19 bits per heavy atom. The number of aromatic nitrogens is 2. The topological polar surface area (TPSA) is 92.4 Å². The molecule has 2 N–H and O–H groups in total. The van der Waals surface area contributed by atoms with Crippen molar-refractivity contribution in [2.45, 2.75) is 38.8 Å². The number of nitrogens with zero attached hydrogens (tertiary/aromatic N) is 4. The number of amides is 2. The fourth-order valence-corrected chi connectivity index (χ4v) is 3.67. The molecule has 3 heterocycles. The maximum Gasteiger partial charge on any atom is 0.433 e. The number of carbonyl (C=O) groups excluding carboxylic acids is 2. The molecular formula is C22H26F3N5O2. The summed E-state index contributed by atoms with van der Waals surface area (Å²) in [5, 5.41) is 0. The summed E-state index contributed by atoms with van der Waals surface area (Å²) in [6.45, 7) is 4.91. The molecule has 7 nitrogen and oxygen atoms in total. The number of carbonyl (C=O) groups is 2. The number of piperidine rings is 1. The van der Waals surface area contributed by atoms with Gasteiger partial charge in [-0.3, -0.25) is 14.6 Å². The molecule has 1 fully saturated rings. The molecule has 1 unspecified atom stereocenters. The predicted molar refractivity (Wildman–Crippen MR) is 114 cm³/mol. The number of hydrogen-bond donors (Lipinski definition) is 1. The van der Waals surface area contributed by atoms with Crippen LogP contribution in [0.5, 0.6) is 0 Å². The largest absolute Gasteiger partial charge is 0.433 e. The fourth-order valence-electron chi connectivity index (χ4n) is 3.67. The van der Waals surface area contributed by atoms with Crippen molar-refractivity contribution in [3.63, 3.8) is 0 Å². The molecule has 0 spiro atoms. The number of alkyl halides is 3. The van der Waals surface area contributed by atoms with Crippen LogP contribution in [0.15, 0.2) is 30.5 Å². The van der Waals surface area contributed by atoms with Gasteiger partial charge in [0.05, 0.1) is 11.6 Å². The smallest absolute Gasteiger partial charge is 0.364 e. The van der Waals surface area contributed by atoms with E-state index >= 15 is 0 Å². The zero-order valence-corrected chi connectivity index (χ0v) is 18.2. The van der Waals surface area contributed by atoms with E-state index in [1.165, 1.54) is 30.3 Å². The molecule has 0 aliphatic carbocycles. The quantitative estimate of drug-likeness (QED) is 0.753. The van der Waals surface area contributed by atoms with Crippen molar-refractivity contribution in [1.82, 2.24) is 9.97 Å². The Morgan fingerprint density at radius 3 is 2.38 bits per heavy atom. The van der Waals surface area contributed by atoms with Gasteiger partial charge in [-0.1, -0.05) is 13.0 Å². The maximum atomic E-state index is 13.3. The van der Waals surface area contributed by atoms with E-state index in [4.69, 9.17) is 5.73 Å². The highest BCUT2D eigenvalue weighted by molar-refractivity contribution is 5.99. The van der Waals surface area contributed by atoms with Crippen molar-refractivity contribution in [3.05, 3.63) is 47.4 Å². The number of primary amides is 1. The van der Waals surface area contributed by atoms with Crippen LogP contribution in [-0.4, -0.2) is 41.9 Å². The second kappa shape index (κ2) is 9.13. The lowest BCUT2D eigenvalue weighted by molar-refractivity contribution is -0.141. The van der Waals surface area contributed by atoms with Crippen molar-refractivity contribution < 1.29 is 22.8 Å².